The highest BCUT2D eigenvalue weighted by Gasteiger charge is 2.42. The maximum atomic E-state index is 2.61. The molecule has 0 fully saturated rings. The molecule has 2 heterocycles. The van der Waals surface area contributed by atoms with Gasteiger partial charge in [0.15, 0.2) is 0 Å². The van der Waals surface area contributed by atoms with Crippen LogP contribution in [0.3, 0.4) is 0 Å². The lowest BCUT2D eigenvalue weighted by Gasteiger charge is -2.39. The first-order valence-corrected chi connectivity index (χ1v) is 22.0. The first-order chi connectivity index (χ1) is 23.8. The first-order valence-electron chi connectivity index (χ1n) is 17.9. The van der Waals surface area contributed by atoms with Crippen LogP contribution in [-0.2, 0) is 16.2 Å². The van der Waals surface area contributed by atoms with E-state index in [0.29, 0.717) is 0 Å². The van der Waals surface area contributed by atoms with E-state index >= 15 is 0 Å². The number of benzene rings is 6. The van der Waals surface area contributed by atoms with Crippen LogP contribution in [-0.4, -0.2) is 8.07 Å². The third-order valence-electron chi connectivity index (χ3n) is 11.5. The van der Waals surface area contributed by atoms with Crippen molar-refractivity contribution < 1.29 is 0 Å². The summed E-state index contributed by atoms with van der Waals surface area (Å²) in [7, 11) is -2.54. The van der Waals surface area contributed by atoms with Crippen molar-refractivity contribution >= 4 is 47.2 Å². The Hall–Kier alpha value is -3.76. The van der Waals surface area contributed by atoms with Crippen LogP contribution in [0.15, 0.2) is 153 Å². The predicted molar refractivity (Wildman–Crippen MR) is 219 cm³/mol. The highest BCUT2D eigenvalue weighted by Crippen LogP contribution is 2.53. The number of hydrogen-bond acceptors (Lipinski definition) is 2. The fourth-order valence-corrected chi connectivity index (χ4v) is 15.9. The molecule has 0 saturated carbocycles. The van der Waals surface area contributed by atoms with Gasteiger partial charge in [-0.25, -0.2) is 0 Å². The fraction of sp³-hybridized carbons (Fsp3) is 0.234. The third kappa shape index (κ3) is 5.11. The Morgan fingerprint density at radius 1 is 0.480 bits per heavy atom. The quantitative estimate of drug-likeness (QED) is 0.132. The molecule has 0 aliphatic carbocycles. The molecule has 6 aromatic rings. The molecule has 0 aromatic heterocycles. The lowest BCUT2D eigenvalue weighted by atomic mass is 9.76. The molecule has 0 amide bonds. The van der Waals surface area contributed by atoms with Gasteiger partial charge in [0.1, 0.15) is 8.07 Å². The summed E-state index contributed by atoms with van der Waals surface area (Å²) in [5.74, 6) is 0. The zero-order valence-electron chi connectivity index (χ0n) is 30.5. The Morgan fingerprint density at radius 3 is 1.62 bits per heavy atom. The minimum Gasteiger partial charge on any atom is -0.0895 e. The average Bonchev–Trinajstić information content (AvgIpc) is 3.11. The molecule has 0 radical (unpaired) electrons. The van der Waals surface area contributed by atoms with E-state index in [0.717, 1.165) is 0 Å². The molecule has 1 unspecified atom stereocenters. The SMILES string of the molecule is CC(C)(C)c1ccc([Si](C)(c2ccccc2)c2cccc3c2Sc2ccccc2C3(C)C)cc1-c1cccc2c1Sc1ccccc1C2(C)C. The van der Waals surface area contributed by atoms with Gasteiger partial charge in [-0.1, -0.05) is 200 Å². The Bertz CT molecular complexity index is 2270. The standard InChI is InChI=1S/C47H46S2Si/c1-45(2,3)35-29-28-32(30-34(35)33-20-16-23-38-43(33)48-40-25-14-12-21-36(40)46(38,4)5)50(8,31-18-10-9-11-19-31)42-27-17-24-39-44(42)49-41-26-15-13-22-37(41)47(39,6)7/h9-30H,1-8H3. The van der Waals surface area contributed by atoms with Crippen molar-refractivity contribution in [3.8, 4) is 11.1 Å². The van der Waals surface area contributed by atoms with Gasteiger partial charge in [-0.05, 0) is 72.1 Å². The predicted octanol–water partition coefficient (Wildman–Crippen LogP) is 11.3. The normalized spacial score (nSPS) is 16.7. The Balaban J connectivity index is 1.39. The van der Waals surface area contributed by atoms with Gasteiger partial charge in [0.05, 0.1) is 0 Å². The number of rotatable bonds is 4. The summed E-state index contributed by atoms with van der Waals surface area (Å²) in [6.07, 6.45) is 0. The van der Waals surface area contributed by atoms with Crippen molar-refractivity contribution in [3.05, 3.63) is 161 Å². The molecule has 1 atom stereocenters. The summed E-state index contributed by atoms with van der Waals surface area (Å²) in [5.41, 5.74) is 9.63. The van der Waals surface area contributed by atoms with Crippen molar-refractivity contribution in [3.63, 3.8) is 0 Å². The molecule has 3 heteroatoms. The summed E-state index contributed by atoms with van der Waals surface area (Å²) in [6, 6.07) is 51.1. The van der Waals surface area contributed by atoms with Crippen LogP contribution in [0.1, 0.15) is 76.3 Å². The van der Waals surface area contributed by atoms with E-state index in [1.165, 1.54) is 74.1 Å². The molecule has 0 spiro atoms. The van der Waals surface area contributed by atoms with E-state index in [2.05, 4.69) is 188 Å². The lowest BCUT2D eigenvalue weighted by molar-refractivity contribution is 0.591. The maximum Gasteiger partial charge on any atom is 0.146 e. The van der Waals surface area contributed by atoms with Gasteiger partial charge < -0.3 is 0 Å². The van der Waals surface area contributed by atoms with Crippen molar-refractivity contribution in [2.24, 2.45) is 0 Å². The summed E-state index contributed by atoms with van der Waals surface area (Å²) < 4.78 is 0. The summed E-state index contributed by atoms with van der Waals surface area (Å²) in [6.45, 7) is 19.3. The molecule has 0 nitrogen and oxygen atoms in total. The zero-order valence-corrected chi connectivity index (χ0v) is 33.2. The molecular weight excluding hydrogens is 657 g/mol. The summed E-state index contributed by atoms with van der Waals surface area (Å²) in [5, 5.41) is 4.40. The van der Waals surface area contributed by atoms with Crippen LogP contribution in [0.5, 0.6) is 0 Å². The fourth-order valence-electron chi connectivity index (χ4n) is 8.52. The second-order valence-corrected chi connectivity index (χ2v) is 22.4. The van der Waals surface area contributed by atoms with Crippen LogP contribution >= 0.6 is 23.5 Å². The van der Waals surface area contributed by atoms with Crippen LogP contribution in [0.2, 0.25) is 6.55 Å². The van der Waals surface area contributed by atoms with E-state index in [1.54, 1.807) is 0 Å². The van der Waals surface area contributed by atoms with Gasteiger partial charge in [0.25, 0.3) is 0 Å². The van der Waals surface area contributed by atoms with Crippen LogP contribution in [0, 0.1) is 0 Å². The minimum atomic E-state index is -2.54. The molecular formula is C47H46S2Si. The zero-order chi connectivity index (χ0) is 35.1. The smallest absolute Gasteiger partial charge is 0.0895 e. The van der Waals surface area contributed by atoms with Crippen molar-refractivity contribution in [1.29, 1.82) is 0 Å². The van der Waals surface area contributed by atoms with Crippen LogP contribution < -0.4 is 15.6 Å². The van der Waals surface area contributed by atoms with Crippen molar-refractivity contribution in [2.45, 2.75) is 90.8 Å². The molecule has 50 heavy (non-hydrogen) atoms. The van der Waals surface area contributed by atoms with Crippen LogP contribution in [0.4, 0.5) is 0 Å². The van der Waals surface area contributed by atoms with Gasteiger partial charge in [-0.2, -0.15) is 0 Å². The van der Waals surface area contributed by atoms with Gasteiger partial charge in [0.2, 0.25) is 0 Å². The van der Waals surface area contributed by atoms with E-state index in [9.17, 15) is 0 Å². The second-order valence-electron chi connectivity index (χ2n) is 16.3. The minimum absolute atomic E-state index is 0.0243. The second kappa shape index (κ2) is 11.9. The number of hydrogen-bond donors (Lipinski definition) is 0. The Labute approximate surface area is 308 Å². The van der Waals surface area contributed by atoms with Crippen molar-refractivity contribution in [2.75, 3.05) is 0 Å². The molecule has 250 valence electrons. The largest absolute Gasteiger partial charge is 0.146 e. The van der Waals surface area contributed by atoms with E-state index in [1.807, 2.05) is 23.5 Å². The van der Waals surface area contributed by atoms with Crippen LogP contribution in [0.25, 0.3) is 11.1 Å². The summed E-state index contributed by atoms with van der Waals surface area (Å²) in [4.78, 5) is 5.58. The lowest BCUT2D eigenvalue weighted by Crippen LogP contribution is -2.65. The number of fused-ring (bicyclic) bond motifs is 4. The molecule has 2 aliphatic rings. The topological polar surface area (TPSA) is 0 Å². The molecule has 8 rings (SSSR count). The average molecular weight is 703 g/mol. The van der Waals surface area contributed by atoms with Crippen molar-refractivity contribution in [1.82, 2.24) is 0 Å². The van der Waals surface area contributed by atoms with Gasteiger partial charge >= 0.3 is 0 Å². The maximum absolute atomic E-state index is 2.61. The van der Waals surface area contributed by atoms with Gasteiger partial charge in [0, 0.05) is 30.4 Å². The first kappa shape index (κ1) is 33.4. The van der Waals surface area contributed by atoms with E-state index in [4.69, 9.17) is 0 Å². The monoisotopic (exact) mass is 702 g/mol. The van der Waals surface area contributed by atoms with E-state index in [-0.39, 0.29) is 16.2 Å². The molecule has 0 bridgehead atoms. The molecule has 6 aromatic carbocycles. The summed E-state index contributed by atoms with van der Waals surface area (Å²) >= 11 is 3.93. The highest BCUT2D eigenvalue weighted by atomic mass is 32.2. The Morgan fingerprint density at radius 2 is 1.00 bits per heavy atom. The van der Waals surface area contributed by atoms with Gasteiger partial charge in [-0.15, -0.1) is 0 Å². The highest BCUT2D eigenvalue weighted by molar-refractivity contribution is 8.00. The molecule has 0 N–H and O–H groups in total. The van der Waals surface area contributed by atoms with E-state index < -0.39 is 8.07 Å². The molecule has 0 saturated heterocycles. The Kier molecular flexibility index (Phi) is 7.95. The van der Waals surface area contributed by atoms with Gasteiger partial charge in [-0.3, -0.25) is 0 Å². The molecule has 2 aliphatic heterocycles. The third-order valence-corrected chi connectivity index (χ3v) is 18.6.